The van der Waals surface area contributed by atoms with E-state index in [1.54, 1.807) is 15.7 Å². The van der Waals surface area contributed by atoms with Gasteiger partial charge in [0.1, 0.15) is 18.0 Å². The van der Waals surface area contributed by atoms with Crippen molar-refractivity contribution in [1.29, 1.82) is 0 Å². The number of fused-ring (bicyclic) bond motifs is 1. The minimum absolute atomic E-state index is 0.213. The normalized spacial score (nSPS) is 12.9. The molecule has 3 aromatic rings. The average molecular weight is 419 g/mol. The number of hydrogen-bond acceptors (Lipinski definition) is 6. The van der Waals surface area contributed by atoms with Crippen LogP contribution in [0.15, 0.2) is 66.0 Å². The van der Waals surface area contributed by atoms with E-state index in [1.165, 1.54) is 24.7 Å². The van der Waals surface area contributed by atoms with Gasteiger partial charge < -0.3 is 19.5 Å². The van der Waals surface area contributed by atoms with Crippen LogP contribution in [0.5, 0.6) is 5.75 Å². The van der Waals surface area contributed by atoms with Crippen molar-refractivity contribution in [3.05, 3.63) is 88.4 Å². The smallest absolute Gasteiger partial charge is 0.271 e. The fraction of sp³-hybridized carbons (Fsp3) is 0.227. The molecule has 0 bridgehead atoms. The molecule has 158 valence electrons. The minimum Gasteiger partial charge on any atom is -0.483 e. The number of carbonyl (C=O) groups is 2. The lowest BCUT2D eigenvalue weighted by molar-refractivity contribution is 0.0696. The molecular weight excluding hydrogens is 398 g/mol. The topological polar surface area (TPSA) is 106 Å². The first-order valence-corrected chi connectivity index (χ1v) is 9.86. The molecule has 1 aliphatic rings. The maximum atomic E-state index is 12.8. The van der Waals surface area contributed by atoms with E-state index in [9.17, 15) is 14.4 Å². The SMILES string of the molecule is O=C(NCCN1CCn2cc(OCc3ccccc3)c(=O)cc2C1=O)c1cnccn1. The Bertz CT molecular complexity index is 1130. The van der Waals surface area contributed by atoms with E-state index in [2.05, 4.69) is 15.3 Å². The third-order valence-corrected chi connectivity index (χ3v) is 4.91. The molecule has 1 aromatic carbocycles. The summed E-state index contributed by atoms with van der Waals surface area (Å²) in [6.07, 6.45) is 5.89. The number of pyridine rings is 1. The van der Waals surface area contributed by atoms with Crippen molar-refractivity contribution >= 4 is 11.8 Å². The summed E-state index contributed by atoms with van der Waals surface area (Å²) in [4.78, 5) is 46.7. The monoisotopic (exact) mass is 419 g/mol. The van der Waals surface area contributed by atoms with Gasteiger partial charge in [0.05, 0.1) is 12.4 Å². The second-order valence-corrected chi connectivity index (χ2v) is 6.99. The number of hydrogen-bond donors (Lipinski definition) is 1. The van der Waals surface area contributed by atoms with Gasteiger partial charge in [0.25, 0.3) is 11.8 Å². The average Bonchev–Trinajstić information content (AvgIpc) is 2.81. The number of benzene rings is 1. The molecule has 0 aliphatic carbocycles. The molecule has 0 saturated carbocycles. The number of amides is 2. The van der Waals surface area contributed by atoms with Gasteiger partial charge in [0, 0.05) is 44.6 Å². The number of nitrogens with zero attached hydrogens (tertiary/aromatic N) is 4. The van der Waals surface area contributed by atoms with Crippen molar-refractivity contribution < 1.29 is 14.3 Å². The molecule has 0 atom stereocenters. The largest absolute Gasteiger partial charge is 0.483 e. The third-order valence-electron chi connectivity index (χ3n) is 4.91. The Kier molecular flexibility index (Phi) is 6.02. The van der Waals surface area contributed by atoms with Gasteiger partial charge in [-0.05, 0) is 5.56 Å². The fourth-order valence-corrected chi connectivity index (χ4v) is 3.28. The zero-order valence-corrected chi connectivity index (χ0v) is 16.7. The van der Waals surface area contributed by atoms with Crippen molar-refractivity contribution in [2.45, 2.75) is 13.2 Å². The predicted molar refractivity (Wildman–Crippen MR) is 112 cm³/mol. The minimum atomic E-state index is -0.352. The van der Waals surface area contributed by atoms with Crippen LogP contribution in [0.1, 0.15) is 26.5 Å². The number of carbonyl (C=O) groups excluding carboxylic acids is 2. The molecule has 9 heteroatoms. The van der Waals surface area contributed by atoms with Gasteiger partial charge in [-0.2, -0.15) is 0 Å². The van der Waals surface area contributed by atoms with Gasteiger partial charge in [-0.25, -0.2) is 4.98 Å². The zero-order valence-electron chi connectivity index (χ0n) is 16.7. The van der Waals surface area contributed by atoms with E-state index < -0.39 is 0 Å². The van der Waals surface area contributed by atoms with E-state index >= 15 is 0 Å². The lowest BCUT2D eigenvalue weighted by Gasteiger charge is -2.30. The quantitative estimate of drug-likeness (QED) is 0.615. The lowest BCUT2D eigenvalue weighted by Crippen LogP contribution is -2.45. The number of aromatic nitrogens is 3. The van der Waals surface area contributed by atoms with Crippen molar-refractivity contribution in [3.63, 3.8) is 0 Å². The predicted octanol–water partition coefficient (Wildman–Crippen LogP) is 1.10. The summed E-state index contributed by atoms with van der Waals surface area (Å²) < 4.78 is 7.40. The molecule has 4 rings (SSSR count). The molecule has 1 aliphatic heterocycles. The van der Waals surface area contributed by atoms with Gasteiger partial charge in [-0.3, -0.25) is 19.4 Å². The van der Waals surface area contributed by atoms with E-state index in [4.69, 9.17) is 4.74 Å². The number of rotatable bonds is 7. The molecule has 1 N–H and O–H groups in total. The Morgan fingerprint density at radius 1 is 1.13 bits per heavy atom. The Balaban J connectivity index is 1.37. The Morgan fingerprint density at radius 3 is 2.74 bits per heavy atom. The second kappa shape index (κ2) is 9.21. The molecular formula is C22H21N5O4. The molecule has 0 saturated heterocycles. The second-order valence-electron chi connectivity index (χ2n) is 6.99. The first kappa shape index (κ1) is 20.3. The molecule has 3 heterocycles. The summed E-state index contributed by atoms with van der Waals surface area (Å²) in [7, 11) is 0. The van der Waals surface area contributed by atoms with Crippen LogP contribution >= 0.6 is 0 Å². The van der Waals surface area contributed by atoms with Crippen molar-refractivity contribution in [2.75, 3.05) is 19.6 Å². The van der Waals surface area contributed by atoms with Crippen LogP contribution in [-0.2, 0) is 13.2 Å². The molecule has 0 spiro atoms. The zero-order chi connectivity index (χ0) is 21.6. The Labute approximate surface area is 178 Å². The molecule has 9 nitrogen and oxygen atoms in total. The summed E-state index contributed by atoms with van der Waals surface area (Å²) in [5, 5.41) is 2.72. The summed E-state index contributed by atoms with van der Waals surface area (Å²) in [5.74, 6) is -0.397. The van der Waals surface area contributed by atoms with Gasteiger partial charge in [0.2, 0.25) is 5.43 Å². The molecule has 31 heavy (non-hydrogen) atoms. The first-order valence-electron chi connectivity index (χ1n) is 9.86. The van der Waals surface area contributed by atoms with Crippen LogP contribution < -0.4 is 15.5 Å². The van der Waals surface area contributed by atoms with Gasteiger partial charge in [-0.1, -0.05) is 30.3 Å². The standard InChI is InChI=1S/C22H21N5O4/c28-19-12-18-22(30)26(9-8-25-21(29)17-13-23-6-7-24-17)10-11-27(18)14-20(19)31-15-16-4-2-1-3-5-16/h1-7,12-14H,8-11,15H2,(H,25,29). The van der Waals surface area contributed by atoms with Gasteiger partial charge in [0.15, 0.2) is 5.75 Å². The molecule has 0 unspecified atom stereocenters. The van der Waals surface area contributed by atoms with Crippen molar-refractivity contribution in [1.82, 2.24) is 24.8 Å². The lowest BCUT2D eigenvalue weighted by atomic mass is 10.2. The van der Waals surface area contributed by atoms with Crippen LogP contribution in [0, 0.1) is 0 Å². The van der Waals surface area contributed by atoms with Crippen molar-refractivity contribution in [2.24, 2.45) is 0 Å². The Morgan fingerprint density at radius 2 is 1.97 bits per heavy atom. The molecule has 2 amide bonds. The van der Waals surface area contributed by atoms with Crippen LogP contribution in [0.3, 0.4) is 0 Å². The molecule has 2 aromatic heterocycles. The van der Waals surface area contributed by atoms with E-state index in [0.29, 0.717) is 25.3 Å². The maximum absolute atomic E-state index is 12.8. The van der Waals surface area contributed by atoms with E-state index in [-0.39, 0.29) is 41.8 Å². The highest BCUT2D eigenvalue weighted by Gasteiger charge is 2.25. The highest BCUT2D eigenvalue weighted by Crippen LogP contribution is 2.15. The van der Waals surface area contributed by atoms with Crippen LogP contribution in [-0.4, -0.2) is 50.9 Å². The highest BCUT2D eigenvalue weighted by atomic mass is 16.5. The van der Waals surface area contributed by atoms with Gasteiger partial charge >= 0.3 is 0 Å². The van der Waals surface area contributed by atoms with Crippen LogP contribution in [0.2, 0.25) is 0 Å². The number of nitrogens with one attached hydrogen (secondary N) is 1. The highest BCUT2D eigenvalue weighted by molar-refractivity contribution is 5.93. The summed E-state index contributed by atoms with van der Waals surface area (Å²) in [5.41, 5.74) is 1.14. The first-order chi connectivity index (χ1) is 15.1. The van der Waals surface area contributed by atoms with E-state index in [1.807, 2.05) is 30.3 Å². The van der Waals surface area contributed by atoms with Crippen molar-refractivity contribution in [3.8, 4) is 5.75 Å². The fourth-order valence-electron chi connectivity index (χ4n) is 3.28. The summed E-state index contributed by atoms with van der Waals surface area (Å²) in [6, 6.07) is 10.9. The Hall–Kier alpha value is -4.01. The van der Waals surface area contributed by atoms with Crippen LogP contribution in [0.25, 0.3) is 0 Å². The molecule has 0 fully saturated rings. The maximum Gasteiger partial charge on any atom is 0.271 e. The van der Waals surface area contributed by atoms with Gasteiger partial charge in [-0.15, -0.1) is 0 Å². The summed E-state index contributed by atoms with van der Waals surface area (Å²) in [6.45, 7) is 1.87. The molecule has 0 radical (unpaired) electrons. The number of ether oxygens (including phenoxy) is 1. The van der Waals surface area contributed by atoms with Crippen LogP contribution in [0.4, 0.5) is 0 Å². The van der Waals surface area contributed by atoms with E-state index in [0.717, 1.165) is 5.56 Å². The third kappa shape index (κ3) is 4.77. The summed E-state index contributed by atoms with van der Waals surface area (Å²) >= 11 is 0.